The molecule has 2 aromatic heterocycles. The Morgan fingerprint density at radius 1 is 1.06 bits per heavy atom. The van der Waals surface area contributed by atoms with Gasteiger partial charge >= 0.3 is 5.95 Å². The zero-order valence-corrected chi connectivity index (χ0v) is 8.34. The largest absolute Gasteiger partial charge is 0.368 e. The quantitative estimate of drug-likeness (QED) is 0.417. The number of nitro groups is 2. The van der Waals surface area contributed by atoms with E-state index in [-0.39, 0.29) is 17.7 Å². The van der Waals surface area contributed by atoms with E-state index in [9.17, 15) is 20.2 Å². The van der Waals surface area contributed by atoms with Crippen LogP contribution in [0.15, 0.2) is 0 Å². The zero-order chi connectivity index (χ0) is 13.3. The SMILES string of the molecule is Nc1nc(N[N+](=O)[O-])nc2nc(N[N+](=O)[O-])nn12. The maximum Gasteiger partial charge on any atom is 0.305 e. The van der Waals surface area contributed by atoms with Crippen LogP contribution in [0.5, 0.6) is 0 Å². The number of hydrogen-bond donors (Lipinski definition) is 3. The standard InChI is InChI=1S/C4H4N10O4/c5-1-6-2(10-13(15)16)7-4-8-3(9-12(1)4)11-14(17)18/h(H4,5,6,7,8,9,10,11). The predicted molar refractivity (Wildman–Crippen MR) is 54.2 cm³/mol. The summed E-state index contributed by atoms with van der Waals surface area (Å²) >= 11 is 0. The molecule has 0 amide bonds. The minimum atomic E-state index is -0.891. The number of rotatable bonds is 4. The topological polar surface area (TPSA) is 192 Å². The molecule has 0 unspecified atom stereocenters. The van der Waals surface area contributed by atoms with Gasteiger partial charge in [0.15, 0.2) is 10.1 Å². The molecule has 0 spiro atoms. The van der Waals surface area contributed by atoms with Crippen molar-refractivity contribution < 1.29 is 10.1 Å². The van der Waals surface area contributed by atoms with Crippen molar-refractivity contribution in [2.75, 3.05) is 16.6 Å². The van der Waals surface area contributed by atoms with Gasteiger partial charge in [0.25, 0.3) is 11.7 Å². The van der Waals surface area contributed by atoms with Gasteiger partial charge in [-0.15, -0.1) is 5.10 Å². The van der Waals surface area contributed by atoms with Gasteiger partial charge in [0.2, 0.25) is 5.95 Å². The highest BCUT2D eigenvalue weighted by Gasteiger charge is 2.14. The maximum atomic E-state index is 10.2. The molecule has 0 bridgehead atoms. The van der Waals surface area contributed by atoms with Crippen molar-refractivity contribution in [2.45, 2.75) is 0 Å². The summed E-state index contributed by atoms with van der Waals surface area (Å²) in [6.07, 6.45) is 0. The molecule has 14 heteroatoms. The normalized spacial score (nSPS) is 10.2. The van der Waals surface area contributed by atoms with Gasteiger partial charge in [0.1, 0.15) is 0 Å². The van der Waals surface area contributed by atoms with E-state index < -0.39 is 16.0 Å². The molecule has 14 nitrogen and oxygen atoms in total. The highest BCUT2D eigenvalue weighted by atomic mass is 16.7. The first kappa shape index (κ1) is 11.2. The Morgan fingerprint density at radius 3 is 2.22 bits per heavy atom. The first-order valence-electron chi connectivity index (χ1n) is 4.18. The number of nitrogens with one attached hydrogen (secondary N) is 2. The van der Waals surface area contributed by atoms with Crippen LogP contribution in [0.3, 0.4) is 0 Å². The Hall–Kier alpha value is -3.32. The summed E-state index contributed by atoms with van der Waals surface area (Å²) in [4.78, 5) is 31.1. The van der Waals surface area contributed by atoms with E-state index in [2.05, 4.69) is 20.1 Å². The third kappa shape index (κ3) is 2.10. The predicted octanol–water partition coefficient (Wildman–Crippen LogP) is -1.69. The van der Waals surface area contributed by atoms with Crippen LogP contribution in [0.4, 0.5) is 17.8 Å². The molecule has 2 rings (SSSR count). The number of nitrogens with zero attached hydrogens (tertiary/aromatic N) is 7. The van der Waals surface area contributed by atoms with E-state index in [0.717, 1.165) is 4.52 Å². The van der Waals surface area contributed by atoms with Crippen LogP contribution in [0.1, 0.15) is 0 Å². The number of aromatic nitrogens is 5. The monoisotopic (exact) mass is 256 g/mol. The van der Waals surface area contributed by atoms with Gasteiger partial charge in [-0.25, -0.2) is 20.2 Å². The molecule has 0 atom stereocenters. The lowest BCUT2D eigenvalue weighted by Crippen LogP contribution is -2.14. The summed E-state index contributed by atoms with van der Waals surface area (Å²) in [5.74, 6) is -1.24. The third-order valence-corrected chi connectivity index (χ3v) is 1.62. The molecule has 2 heterocycles. The molecule has 0 saturated carbocycles. The Kier molecular flexibility index (Phi) is 2.43. The third-order valence-electron chi connectivity index (χ3n) is 1.62. The lowest BCUT2D eigenvalue weighted by atomic mass is 10.8. The number of nitrogen functional groups attached to an aromatic ring is 1. The highest BCUT2D eigenvalue weighted by Crippen LogP contribution is 2.09. The fourth-order valence-corrected chi connectivity index (χ4v) is 1.07. The molecule has 4 N–H and O–H groups in total. The second-order valence-corrected chi connectivity index (χ2v) is 2.79. The summed E-state index contributed by atoms with van der Waals surface area (Å²) in [6.45, 7) is 0. The van der Waals surface area contributed by atoms with E-state index in [4.69, 9.17) is 5.73 Å². The molecule has 0 saturated heterocycles. The van der Waals surface area contributed by atoms with Crippen molar-refractivity contribution in [2.24, 2.45) is 0 Å². The van der Waals surface area contributed by atoms with E-state index in [1.54, 1.807) is 10.9 Å². The Morgan fingerprint density at radius 2 is 1.61 bits per heavy atom. The number of hydrogen-bond acceptors (Lipinski definition) is 9. The average Bonchev–Trinajstić information content (AvgIpc) is 2.58. The summed E-state index contributed by atoms with van der Waals surface area (Å²) in [7, 11) is 0. The first-order chi connectivity index (χ1) is 8.45. The Bertz CT molecular complexity index is 634. The van der Waals surface area contributed by atoms with Gasteiger partial charge in [-0.2, -0.15) is 19.5 Å². The minimum Gasteiger partial charge on any atom is -0.368 e. The van der Waals surface area contributed by atoms with Gasteiger partial charge in [0, 0.05) is 0 Å². The molecule has 0 fully saturated rings. The second kappa shape index (κ2) is 3.92. The van der Waals surface area contributed by atoms with Crippen molar-refractivity contribution in [1.29, 1.82) is 0 Å². The maximum absolute atomic E-state index is 10.2. The number of hydrazine groups is 2. The van der Waals surface area contributed by atoms with Gasteiger partial charge in [-0.3, -0.25) is 0 Å². The molecule has 2 aromatic rings. The van der Waals surface area contributed by atoms with E-state index in [0.29, 0.717) is 0 Å². The van der Waals surface area contributed by atoms with Gasteiger partial charge in [-0.05, 0) is 0 Å². The van der Waals surface area contributed by atoms with Crippen LogP contribution in [0.2, 0.25) is 0 Å². The van der Waals surface area contributed by atoms with E-state index in [1.165, 1.54) is 0 Å². The van der Waals surface area contributed by atoms with Crippen LogP contribution in [-0.4, -0.2) is 34.6 Å². The van der Waals surface area contributed by atoms with Crippen molar-refractivity contribution in [3.8, 4) is 0 Å². The van der Waals surface area contributed by atoms with Crippen LogP contribution >= 0.6 is 0 Å². The Labute approximate surface area is 96.1 Å². The van der Waals surface area contributed by atoms with Crippen LogP contribution in [-0.2, 0) is 0 Å². The molecular weight excluding hydrogens is 252 g/mol. The van der Waals surface area contributed by atoms with E-state index >= 15 is 0 Å². The summed E-state index contributed by atoms with van der Waals surface area (Å²) in [6, 6.07) is 0. The summed E-state index contributed by atoms with van der Waals surface area (Å²) < 4.78 is 0.886. The van der Waals surface area contributed by atoms with Crippen LogP contribution < -0.4 is 16.6 Å². The number of fused-ring (bicyclic) bond motifs is 1. The summed E-state index contributed by atoms with van der Waals surface area (Å²) in [5, 5.41) is 22.2. The number of anilines is 3. The van der Waals surface area contributed by atoms with Crippen molar-refractivity contribution in [3.05, 3.63) is 20.2 Å². The fraction of sp³-hybridized carbons (Fsp3) is 0. The lowest BCUT2D eigenvalue weighted by molar-refractivity contribution is -0.446. The van der Waals surface area contributed by atoms with Gasteiger partial charge in [-0.1, -0.05) is 10.9 Å². The van der Waals surface area contributed by atoms with Crippen LogP contribution in [0, 0.1) is 20.2 Å². The van der Waals surface area contributed by atoms with E-state index in [1.807, 2.05) is 0 Å². The second-order valence-electron chi connectivity index (χ2n) is 2.79. The highest BCUT2D eigenvalue weighted by molar-refractivity contribution is 5.45. The molecule has 18 heavy (non-hydrogen) atoms. The van der Waals surface area contributed by atoms with Gasteiger partial charge in [0.05, 0.1) is 0 Å². The van der Waals surface area contributed by atoms with Crippen molar-refractivity contribution >= 4 is 23.6 Å². The molecule has 94 valence electrons. The minimum absolute atomic E-state index is 0.184. The zero-order valence-electron chi connectivity index (χ0n) is 8.34. The molecule has 0 aromatic carbocycles. The van der Waals surface area contributed by atoms with Crippen LogP contribution in [0.25, 0.3) is 5.78 Å². The van der Waals surface area contributed by atoms with Gasteiger partial charge < -0.3 is 5.73 Å². The van der Waals surface area contributed by atoms with Crippen molar-refractivity contribution in [3.63, 3.8) is 0 Å². The molecule has 0 aliphatic carbocycles. The molecule has 0 radical (unpaired) electrons. The lowest BCUT2D eigenvalue weighted by Gasteiger charge is -1.98. The fourth-order valence-electron chi connectivity index (χ4n) is 1.07. The Balaban J connectivity index is 2.45. The first-order valence-corrected chi connectivity index (χ1v) is 4.18. The molecule has 0 aliphatic rings. The smallest absolute Gasteiger partial charge is 0.305 e. The average molecular weight is 256 g/mol. The summed E-state index contributed by atoms with van der Waals surface area (Å²) in [5.41, 5.74) is 8.78. The number of nitrogens with two attached hydrogens (primary N) is 1. The molecular formula is C4H4N10O4. The molecule has 0 aliphatic heterocycles. The van der Waals surface area contributed by atoms with Crippen molar-refractivity contribution in [1.82, 2.24) is 24.6 Å².